The maximum atomic E-state index is 10.4. The zero-order valence-electron chi connectivity index (χ0n) is 11.4. The van der Waals surface area contributed by atoms with Crippen molar-refractivity contribution < 1.29 is 5.11 Å². The third-order valence-corrected chi connectivity index (χ3v) is 4.33. The average Bonchev–Trinajstić information content (AvgIpc) is 2.49. The Morgan fingerprint density at radius 3 is 2.53 bits per heavy atom. The minimum Gasteiger partial charge on any atom is -0.388 e. The van der Waals surface area contributed by atoms with E-state index < -0.39 is 0 Å². The van der Waals surface area contributed by atoms with E-state index in [1.165, 1.54) is 48.0 Å². The van der Waals surface area contributed by atoms with E-state index in [2.05, 4.69) is 30.3 Å². The van der Waals surface area contributed by atoms with Crippen molar-refractivity contribution in [2.75, 3.05) is 0 Å². The maximum Gasteiger partial charge on any atom is 0.0798 e. The van der Waals surface area contributed by atoms with Crippen molar-refractivity contribution in [1.82, 2.24) is 0 Å². The van der Waals surface area contributed by atoms with Crippen molar-refractivity contribution in [3.8, 4) is 0 Å². The average molecular weight is 254 g/mol. The molecule has 0 bridgehead atoms. The summed E-state index contributed by atoms with van der Waals surface area (Å²) >= 11 is 0. The largest absolute Gasteiger partial charge is 0.388 e. The van der Waals surface area contributed by atoms with E-state index in [4.69, 9.17) is 0 Å². The van der Waals surface area contributed by atoms with Gasteiger partial charge in [0.1, 0.15) is 0 Å². The van der Waals surface area contributed by atoms with Gasteiger partial charge in [-0.3, -0.25) is 0 Å². The zero-order chi connectivity index (χ0) is 13.1. The van der Waals surface area contributed by atoms with Crippen molar-refractivity contribution in [1.29, 1.82) is 0 Å². The van der Waals surface area contributed by atoms with Crippen LogP contribution in [0.4, 0.5) is 0 Å². The number of hydrogen-bond donors (Lipinski definition) is 1. The summed E-state index contributed by atoms with van der Waals surface area (Å²) in [7, 11) is 0. The van der Waals surface area contributed by atoms with Crippen LogP contribution in [0.25, 0.3) is 5.57 Å². The van der Waals surface area contributed by atoms with Crippen LogP contribution in [0, 0.1) is 0 Å². The topological polar surface area (TPSA) is 20.2 Å². The van der Waals surface area contributed by atoms with Gasteiger partial charge in [-0.1, -0.05) is 36.4 Å². The van der Waals surface area contributed by atoms with Gasteiger partial charge in [0.25, 0.3) is 0 Å². The normalized spacial score (nSPS) is 24.3. The molecule has 0 radical (unpaired) electrons. The Labute approximate surface area is 115 Å². The van der Waals surface area contributed by atoms with Gasteiger partial charge in [-0.2, -0.15) is 0 Å². The second-order valence-corrected chi connectivity index (χ2v) is 5.64. The number of benzene rings is 1. The Hall–Kier alpha value is -1.34. The van der Waals surface area contributed by atoms with E-state index in [1.54, 1.807) is 0 Å². The molecule has 3 rings (SSSR count). The third-order valence-electron chi connectivity index (χ3n) is 4.33. The lowest BCUT2D eigenvalue weighted by Gasteiger charge is -2.28. The standard InChI is InChI=1S/C18H22O/c19-17-13-7-12-16(14-8-3-1-4-9-14)18(17)15-10-5-2-6-11-15/h2,5-6,8,10-11,17,19H,1,3-4,7,9,12-13H2. The highest BCUT2D eigenvalue weighted by Crippen LogP contribution is 2.39. The van der Waals surface area contributed by atoms with Gasteiger partial charge < -0.3 is 5.11 Å². The minimum atomic E-state index is -0.283. The van der Waals surface area contributed by atoms with Gasteiger partial charge in [0, 0.05) is 0 Å². The molecule has 1 heteroatoms. The fourth-order valence-electron chi connectivity index (χ4n) is 3.38. The first-order valence-electron chi connectivity index (χ1n) is 7.52. The van der Waals surface area contributed by atoms with Crippen LogP contribution >= 0.6 is 0 Å². The molecule has 0 heterocycles. The minimum absolute atomic E-state index is 0.283. The van der Waals surface area contributed by atoms with E-state index in [1.807, 2.05) is 6.07 Å². The van der Waals surface area contributed by atoms with Gasteiger partial charge in [-0.25, -0.2) is 0 Å². The fraction of sp³-hybridized carbons (Fsp3) is 0.444. The molecule has 1 aromatic carbocycles. The van der Waals surface area contributed by atoms with Crippen LogP contribution in [0.2, 0.25) is 0 Å². The lowest BCUT2D eigenvalue weighted by atomic mass is 9.79. The predicted molar refractivity (Wildman–Crippen MR) is 79.8 cm³/mol. The Kier molecular flexibility index (Phi) is 3.84. The first kappa shape index (κ1) is 12.7. The third kappa shape index (κ3) is 2.66. The first-order chi connectivity index (χ1) is 9.36. The zero-order valence-corrected chi connectivity index (χ0v) is 11.4. The number of aliphatic hydroxyl groups excluding tert-OH is 1. The highest BCUT2D eigenvalue weighted by molar-refractivity contribution is 5.76. The highest BCUT2D eigenvalue weighted by Gasteiger charge is 2.24. The van der Waals surface area contributed by atoms with E-state index >= 15 is 0 Å². The lowest BCUT2D eigenvalue weighted by Crippen LogP contribution is -2.17. The number of allylic oxidation sites excluding steroid dienone is 3. The molecule has 19 heavy (non-hydrogen) atoms. The second kappa shape index (κ2) is 5.75. The Bertz CT molecular complexity index is 496. The van der Waals surface area contributed by atoms with Gasteiger partial charge in [-0.15, -0.1) is 0 Å². The van der Waals surface area contributed by atoms with E-state index in [0.717, 1.165) is 19.3 Å². The summed E-state index contributed by atoms with van der Waals surface area (Å²) in [4.78, 5) is 0. The molecule has 1 aromatic rings. The van der Waals surface area contributed by atoms with Crippen LogP contribution in [-0.2, 0) is 0 Å². The van der Waals surface area contributed by atoms with Gasteiger partial charge in [0.05, 0.1) is 6.10 Å². The summed E-state index contributed by atoms with van der Waals surface area (Å²) < 4.78 is 0. The van der Waals surface area contributed by atoms with Crippen LogP contribution in [-0.4, -0.2) is 11.2 Å². The van der Waals surface area contributed by atoms with E-state index in [9.17, 15) is 5.11 Å². The fourth-order valence-corrected chi connectivity index (χ4v) is 3.38. The Morgan fingerprint density at radius 1 is 0.947 bits per heavy atom. The summed E-state index contributed by atoms with van der Waals surface area (Å²) in [6.07, 6.45) is 10.3. The van der Waals surface area contributed by atoms with Crippen LogP contribution in [0.3, 0.4) is 0 Å². The molecule has 0 saturated heterocycles. The summed E-state index contributed by atoms with van der Waals surface area (Å²) in [5.74, 6) is 0. The molecule has 2 aliphatic rings. The molecule has 0 saturated carbocycles. The number of hydrogen-bond acceptors (Lipinski definition) is 1. The summed E-state index contributed by atoms with van der Waals surface area (Å²) in [5.41, 5.74) is 5.34. The molecule has 0 spiro atoms. The van der Waals surface area contributed by atoms with Gasteiger partial charge in [0.2, 0.25) is 0 Å². The summed E-state index contributed by atoms with van der Waals surface area (Å²) in [5, 5.41) is 10.4. The first-order valence-corrected chi connectivity index (χ1v) is 7.52. The van der Waals surface area contributed by atoms with Crippen LogP contribution in [0.5, 0.6) is 0 Å². The molecule has 1 N–H and O–H groups in total. The van der Waals surface area contributed by atoms with Crippen molar-refractivity contribution in [2.24, 2.45) is 0 Å². The Morgan fingerprint density at radius 2 is 1.79 bits per heavy atom. The molecule has 0 aliphatic heterocycles. The maximum absolute atomic E-state index is 10.4. The molecule has 1 unspecified atom stereocenters. The molecule has 0 amide bonds. The number of aliphatic hydroxyl groups is 1. The molecule has 1 nitrogen and oxygen atoms in total. The van der Waals surface area contributed by atoms with Gasteiger partial charge in [0.15, 0.2) is 0 Å². The van der Waals surface area contributed by atoms with Gasteiger partial charge >= 0.3 is 0 Å². The molecule has 2 aliphatic carbocycles. The quantitative estimate of drug-likeness (QED) is 0.824. The number of rotatable bonds is 2. The molecule has 0 fully saturated rings. The molecule has 100 valence electrons. The van der Waals surface area contributed by atoms with Crippen LogP contribution in [0.15, 0.2) is 47.6 Å². The Balaban J connectivity index is 2.06. The van der Waals surface area contributed by atoms with Crippen molar-refractivity contribution in [3.05, 3.63) is 53.1 Å². The molecule has 0 aromatic heterocycles. The monoisotopic (exact) mass is 254 g/mol. The van der Waals surface area contributed by atoms with E-state index in [0.29, 0.717) is 0 Å². The van der Waals surface area contributed by atoms with Crippen molar-refractivity contribution >= 4 is 5.57 Å². The van der Waals surface area contributed by atoms with Crippen LogP contribution < -0.4 is 0 Å². The van der Waals surface area contributed by atoms with E-state index in [-0.39, 0.29) is 6.10 Å². The van der Waals surface area contributed by atoms with Crippen molar-refractivity contribution in [3.63, 3.8) is 0 Å². The predicted octanol–water partition coefficient (Wildman–Crippen LogP) is 4.49. The second-order valence-electron chi connectivity index (χ2n) is 5.64. The van der Waals surface area contributed by atoms with Crippen LogP contribution in [0.1, 0.15) is 50.5 Å². The summed E-state index contributed by atoms with van der Waals surface area (Å²) in [6.45, 7) is 0. The molecular weight excluding hydrogens is 232 g/mol. The molecule has 1 atom stereocenters. The van der Waals surface area contributed by atoms with Gasteiger partial charge in [-0.05, 0) is 67.2 Å². The highest BCUT2D eigenvalue weighted by atomic mass is 16.3. The lowest BCUT2D eigenvalue weighted by molar-refractivity contribution is 0.212. The smallest absolute Gasteiger partial charge is 0.0798 e. The SMILES string of the molecule is OC1CCCC(C2=CCCCC2)=C1c1ccccc1. The molecular formula is C18H22O. The summed E-state index contributed by atoms with van der Waals surface area (Å²) in [6, 6.07) is 10.4. The van der Waals surface area contributed by atoms with Crippen molar-refractivity contribution in [2.45, 2.75) is 51.0 Å².